The van der Waals surface area contributed by atoms with E-state index in [2.05, 4.69) is 27.3 Å². The lowest BCUT2D eigenvalue weighted by Gasteiger charge is -2.30. The summed E-state index contributed by atoms with van der Waals surface area (Å²) in [5, 5.41) is 3.83. The second-order valence-electron chi connectivity index (χ2n) is 10.5. The summed E-state index contributed by atoms with van der Waals surface area (Å²) in [6.45, 7) is 4.95. The fourth-order valence-electron chi connectivity index (χ4n) is 5.74. The minimum atomic E-state index is 0.104. The lowest BCUT2D eigenvalue weighted by atomic mass is 9.84. The van der Waals surface area contributed by atoms with Gasteiger partial charge < -0.3 is 16.0 Å². The minimum Gasteiger partial charge on any atom is -0.375 e. The second kappa shape index (κ2) is 11.1. The molecule has 3 aromatic rings. The molecular formula is C29H36N4O2S. The number of fused-ring (bicyclic) bond motifs is 2. The van der Waals surface area contributed by atoms with E-state index < -0.39 is 0 Å². The number of amides is 1. The highest BCUT2D eigenvalue weighted by atomic mass is 32.1. The average Bonchev–Trinajstić information content (AvgIpc) is 3.10. The Morgan fingerprint density at radius 3 is 2.61 bits per heavy atom. The fourth-order valence-corrected chi connectivity index (χ4v) is 6.53. The number of hydrogen-bond donors (Lipinski definition) is 2. The Morgan fingerprint density at radius 1 is 1.06 bits per heavy atom. The van der Waals surface area contributed by atoms with E-state index in [0.29, 0.717) is 17.6 Å². The quantitative estimate of drug-likeness (QED) is 0.452. The van der Waals surface area contributed by atoms with E-state index in [4.69, 9.17) is 5.73 Å². The summed E-state index contributed by atoms with van der Waals surface area (Å²) in [4.78, 5) is 31.3. The first-order valence-corrected chi connectivity index (χ1v) is 14.0. The summed E-state index contributed by atoms with van der Waals surface area (Å²) in [5.41, 5.74) is 11.3. The average molecular weight is 505 g/mol. The first kappa shape index (κ1) is 24.9. The van der Waals surface area contributed by atoms with Gasteiger partial charge in [-0.15, -0.1) is 0 Å². The van der Waals surface area contributed by atoms with Crippen LogP contribution in [0.5, 0.6) is 0 Å². The Hall–Kier alpha value is -2.77. The van der Waals surface area contributed by atoms with E-state index in [1.807, 2.05) is 24.3 Å². The van der Waals surface area contributed by atoms with Gasteiger partial charge in [-0.2, -0.15) is 0 Å². The van der Waals surface area contributed by atoms with Crippen molar-refractivity contribution in [2.45, 2.75) is 64.3 Å². The number of hydrogen-bond acceptors (Lipinski definition) is 6. The van der Waals surface area contributed by atoms with Crippen LogP contribution in [0.4, 0.5) is 5.13 Å². The number of rotatable bonds is 7. The van der Waals surface area contributed by atoms with Crippen molar-refractivity contribution in [3.05, 3.63) is 58.7 Å². The standard InChI is InChI=1S/C29H36N4O2S/c1-19(34)23-6-5-22-11-14-33(15-12-24(22)18-23)13-10-20-2-7-25(8-3-20)31-28(35)17-21-4-9-26-27(16-21)36-29(30)32-26/h4-6,9,16,18,20,25H,2-3,7-8,10-15,17H2,1H3,(H2,30,32)(H,31,35). The highest BCUT2D eigenvalue weighted by molar-refractivity contribution is 7.22. The molecule has 1 aliphatic carbocycles. The Morgan fingerprint density at radius 2 is 1.83 bits per heavy atom. The maximum absolute atomic E-state index is 12.6. The van der Waals surface area contributed by atoms with Crippen molar-refractivity contribution >= 4 is 38.4 Å². The number of aromatic nitrogens is 1. The van der Waals surface area contributed by atoms with Crippen LogP contribution < -0.4 is 11.1 Å². The van der Waals surface area contributed by atoms with Gasteiger partial charge in [0.15, 0.2) is 10.9 Å². The fraction of sp³-hybridized carbons (Fsp3) is 0.483. The van der Waals surface area contributed by atoms with Crippen molar-refractivity contribution in [1.29, 1.82) is 0 Å². The van der Waals surface area contributed by atoms with Crippen LogP contribution in [-0.2, 0) is 24.1 Å². The van der Waals surface area contributed by atoms with Gasteiger partial charge in [0.05, 0.1) is 16.6 Å². The van der Waals surface area contributed by atoms with Gasteiger partial charge in [-0.05, 0) is 99.2 Å². The minimum absolute atomic E-state index is 0.104. The van der Waals surface area contributed by atoms with Crippen LogP contribution in [-0.4, -0.2) is 47.3 Å². The molecule has 1 amide bonds. The SMILES string of the molecule is CC(=O)c1ccc2c(c1)CCN(CCC1CCC(NC(=O)Cc3ccc4nc(N)sc4c3)CC1)CC2. The van der Waals surface area contributed by atoms with Crippen LogP contribution in [0.25, 0.3) is 10.2 Å². The van der Waals surface area contributed by atoms with E-state index in [9.17, 15) is 9.59 Å². The predicted molar refractivity (Wildman–Crippen MR) is 147 cm³/mol. The Bertz CT molecular complexity index is 1250. The molecule has 2 aromatic carbocycles. The van der Waals surface area contributed by atoms with E-state index in [0.717, 1.165) is 72.6 Å². The number of nitrogens with two attached hydrogens (primary N) is 1. The molecule has 6 nitrogen and oxygen atoms in total. The Labute approximate surface area is 217 Å². The van der Waals surface area contributed by atoms with Crippen LogP contribution in [0.2, 0.25) is 0 Å². The third kappa shape index (κ3) is 6.13. The smallest absolute Gasteiger partial charge is 0.224 e. The first-order chi connectivity index (χ1) is 17.4. The second-order valence-corrected chi connectivity index (χ2v) is 11.5. The van der Waals surface area contributed by atoms with Gasteiger partial charge in [0, 0.05) is 24.7 Å². The summed E-state index contributed by atoms with van der Waals surface area (Å²) in [5.74, 6) is 0.994. The van der Waals surface area contributed by atoms with Crippen molar-refractivity contribution in [2.24, 2.45) is 5.92 Å². The highest BCUT2D eigenvalue weighted by Gasteiger charge is 2.23. The number of nitrogen functional groups attached to an aromatic ring is 1. The van der Waals surface area contributed by atoms with E-state index >= 15 is 0 Å². The van der Waals surface area contributed by atoms with E-state index in [1.54, 1.807) is 6.92 Å². The molecule has 0 unspecified atom stereocenters. The molecular weight excluding hydrogens is 468 g/mol. The molecule has 2 heterocycles. The molecule has 0 bridgehead atoms. The zero-order valence-corrected chi connectivity index (χ0v) is 21.9. The molecule has 0 radical (unpaired) electrons. The zero-order chi connectivity index (χ0) is 25.1. The maximum atomic E-state index is 12.6. The molecule has 1 aliphatic heterocycles. The molecule has 0 atom stereocenters. The van der Waals surface area contributed by atoms with Crippen LogP contribution in [0, 0.1) is 5.92 Å². The van der Waals surface area contributed by atoms with Crippen LogP contribution in [0.1, 0.15) is 66.1 Å². The van der Waals surface area contributed by atoms with Gasteiger partial charge in [0.25, 0.3) is 0 Å². The van der Waals surface area contributed by atoms with Gasteiger partial charge >= 0.3 is 0 Å². The van der Waals surface area contributed by atoms with Crippen molar-refractivity contribution in [2.75, 3.05) is 25.4 Å². The number of thiazole rings is 1. The van der Waals surface area contributed by atoms with Gasteiger partial charge in [0.2, 0.25) is 5.91 Å². The molecule has 36 heavy (non-hydrogen) atoms. The van der Waals surface area contributed by atoms with Crippen molar-refractivity contribution in [1.82, 2.24) is 15.2 Å². The number of Topliss-reactive ketones (excluding diaryl/α,β-unsaturated/α-hetero) is 1. The lowest BCUT2D eigenvalue weighted by Crippen LogP contribution is -2.39. The molecule has 5 rings (SSSR count). The number of ketones is 1. The molecule has 1 aromatic heterocycles. The molecule has 0 saturated heterocycles. The molecule has 190 valence electrons. The number of nitrogens with zero attached hydrogens (tertiary/aromatic N) is 2. The number of carbonyl (C=O) groups is 2. The van der Waals surface area contributed by atoms with Gasteiger partial charge in [0.1, 0.15) is 0 Å². The van der Waals surface area contributed by atoms with E-state index in [1.165, 1.54) is 41.7 Å². The van der Waals surface area contributed by atoms with Gasteiger partial charge in [-0.3, -0.25) is 9.59 Å². The lowest BCUT2D eigenvalue weighted by molar-refractivity contribution is -0.121. The van der Waals surface area contributed by atoms with Crippen LogP contribution >= 0.6 is 11.3 Å². The molecule has 3 N–H and O–H groups in total. The largest absolute Gasteiger partial charge is 0.375 e. The molecule has 1 fully saturated rings. The van der Waals surface area contributed by atoms with Crippen LogP contribution in [0.3, 0.4) is 0 Å². The third-order valence-electron chi connectivity index (χ3n) is 7.91. The Kier molecular flexibility index (Phi) is 7.67. The summed E-state index contributed by atoms with van der Waals surface area (Å²) in [7, 11) is 0. The summed E-state index contributed by atoms with van der Waals surface area (Å²) in [6, 6.07) is 12.5. The maximum Gasteiger partial charge on any atom is 0.224 e. The highest BCUT2D eigenvalue weighted by Crippen LogP contribution is 2.28. The monoisotopic (exact) mass is 504 g/mol. The molecule has 1 saturated carbocycles. The summed E-state index contributed by atoms with van der Waals surface area (Å²) in [6.07, 6.45) is 8.24. The first-order valence-electron chi connectivity index (χ1n) is 13.2. The topological polar surface area (TPSA) is 88.3 Å². The van der Waals surface area contributed by atoms with Gasteiger partial charge in [-0.1, -0.05) is 29.5 Å². The number of carbonyl (C=O) groups excluding carboxylic acids is 2. The molecule has 7 heteroatoms. The summed E-state index contributed by atoms with van der Waals surface area (Å²) < 4.78 is 1.03. The number of anilines is 1. The van der Waals surface area contributed by atoms with E-state index in [-0.39, 0.29) is 11.7 Å². The third-order valence-corrected chi connectivity index (χ3v) is 8.75. The Balaban J connectivity index is 1.03. The van der Waals surface area contributed by atoms with Crippen molar-refractivity contribution in [3.63, 3.8) is 0 Å². The number of nitrogens with one attached hydrogen (secondary N) is 1. The number of benzene rings is 2. The summed E-state index contributed by atoms with van der Waals surface area (Å²) >= 11 is 1.46. The van der Waals surface area contributed by atoms with Crippen molar-refractivity contribution in [3.8, 4) is 0 Å². The van der Waals surface area contributed by atoms with Gasteiger partial charge in [-0.25, -0.2) is 4.98 Å². The van der Waals surface area contributed by atoms with Crippen molar-refractivity contribution < 1.29 is 9.59 Å². The molecule has 0 spiro atoms. The molecule has 2 aliphatic rings. The van der Waals surface area contributed by atoms with Crippen LogP contribution in [0.15, 0.2) is 36.4 Å². The normalized spacial score (nSPS) is 20.6. The zero-order valence-electron chi connectivity index (χ0n) is 21.1. The predicted octanol–water partition coefficient (Wildman–Crippen LogP) is 4.79.